The van der Waals surface area contributed by atoms with E-state index < -0.39 is 17.1 Å². The topological polar surface area (TPSA) is 95.5 Å². The fourth-order valence-electron chi connectivity index (χ4n) is 1.28. The van der Waals surface area contributed by atoms with Crippen LogP contribution in [-0.2, 0) is 25.5 Å². The van der Waals surface area contributed by atoms with Crippen molar-refractivity contribution in [3.05, 3.63) is 29.8 Å². The normalized spacial score (nSPS) is 11.5. The van der Waals surface area contributed by atoms with Crippen LogP contribution in [0.5, 0.6) is 0 Å². The maximum absolute atomic E-state index is 11.7. The molecule has 1 rings (SSSR count). The van der Waals surface area contributed by atoms with Crippen LogP contribution in [0.3, 0.4) is 0 Å². The molecule has 1 amide bonds. The summed E-state index contributed by atoms with van der Waals surface area (Å²) in [4.78, 5) is 33.0. The van der Waals surface area contributed by atoms with Gasteiger partial charge in [-0.05, 0) is 35.4 Å². The molecule has 0 spiro atoms. The zero-order chi connectivity index (χ0) is 14.3. The number of esters is 1. The number of methoxy groups -OCH3 is 1. The monoisotopic (exact) mass is 283 g/mol. The molecule has 1 N–H and O–H groups in total. The molecule has 0 heterocycles. The number of ketones is 1. The molecule has 0 saturated heterocycles. The highest BCUT2D eigenvalue weighted by atomic mass is 32.2. The first kappa shape index (κ1) is 15.2. The van der Waals surface area contributed by atoms with Gasteiger partial charge in [-0.1, -0.05) is 0 Å². The van der Waals surface area contributed by atoms with Gasteiger partial charge in [-0.3, -0.25) is 9.59 Å². The maximum Gasteiger partial charge on any atom is 0.356 e. The Morgan fingerprint density at radius 3 is 2.53 bits per heavy atom. The summed E-state index contributed by atoms with van der Waals surface area (Å²) in [7, 11) is 1.22. The second-order valence-electron chi connectivity index (χ2n) is 3.51. The first-order valence-corrected chi connectivity index (χ1v) is 6.66. The van der Waals surface area contributed by atoms with Gasteiger partial charge >= 0.3 is 5.97 Å². The molecule has 0 aromatic heterocycles. The van der Waals surface area contributed by atoms with Crippen LogP contribution < -0.4 is 5.32 Å². The molecule has 7 heteroatoms. The molecule has 0 aliphatic carbocycles. The molecule has 0 saturated carbocycles. The van der Waals surface area contributed by atoms with Crippen LogP contribution in [-0.4, -0.2) is 42.1 Å². The summed E-state index contributed by atoms with van der Waals surface area (Å²) >= 11 is -1.50. The Balaban J connectivity index is 2.67. The Labute approximate surface area is 113 Å². The minimum atomic E-state index is -1.50. The van der Waals surface area contributed by atoms with E-state index >= 15 is 0 Å². The number of ether oxygens (including phenoxy) is 1. The van der Waals surface area contributed by atoms with Crippen molar-refractivity contribution in [2.24, 2.45) is 0 Å². The van der Waals surface area contributed by atoms with Gasteiger partial charge in [0.05, 0.1) is 13.7 Å². The Morgan fingerprint density at radius 1 is 1.37 bits per heavy atom. The van der Waals surface area contributed by atoms with Crippen LogP contribution in [0.25, 0.3) is 0 Å². The van der Waals surface area contributed by atoms with E-state index in [1.54, 1.807) is 0 Å². The third-order valence-electron chi connectivity index (χ3n) is 2.26. The van der Waals surface area contributed by atoms with Gasteiger partial charge in [0.1, 0.15) is 0 Å². The van der Waals surface area contributed by atoms with Crippen molar-refractivity contribution in [3.8, 4) is 0 Å². The lowest BCUT2D eigenvalue weighted by atomic mass is 10.1. The number of rotatable bonds is 7. The van der Waals surface area contributed by atoms with Crippen molar-refractivity contribution in [1.82, 2.24) is 5.32 Å². The molecule has 1 unspecified atom stereocenters. The van der Waals surface area contributed by atoms with Gasteiger partial charge < -0.3 is 14.6 Å². The lowest BCUT2D eigenvalue weighted by molar-refractivity contribution is -0.137. The fraction of sp³-hybridized carbons (Fsp3) is 0.250. The van der Waals surface area contributed by atoms with E-state index in [1.165, 1.54) is 31.4 Å². The van der Waals surface area contributed by atoms with Gasteiger partial charge in [0, 0.05) is 5.56 Å². The molecule has 0 bridgehead atoms. The van der Waals surface area contributed by atoms with Crippen LogP contribution in [0.1, 0.15) is 10.4 Å². The van der Waals surface area contributed by atoms with Crippen molar-refractivity contribution in [1.29, 1.82) is 0 Å². The molecule has 19 heavy (non-hydrogen) atoms. The van der Waals surface area contributed by atoms with Crippen molar-refractivity contribution in [3.63, 3.8) is 0 Å². The van der Waals surface area contributed by atoms with E-state index in [0.717, 1.165) is 0 Å². The molecule has 0 aliphatic rings. The highest BCUT2D eigenvalue weighted by Crippen LogP contribution is 2.13. The van der Waals surface area contributed by atoms with Crippen LogP contribution in [0, 0.1) is 0 Å². The Hall–Kier alpha value is -1.86. The third-order valence-corrected chi connectivity index (χ3v) is 3.56. The molecule has 1 aromatic rings. The molecule has 102 valence electrons. The first-order chi connectivity index (χ1) is 9.08. The van der Waals surface area contributed by atoms with Crippen molar-refractivity contribution < 1.29 is 23.7 Å². The average molecular weight is 283 g/mol. The lowest BCUT2D eigenvalue weighted by Gasteiger charge is -2.09. The van der Waals surface area contributed by atoms with E-state index in [9.17, 15) is 18.9 Å². The predicted octanol–water partition coefficient (Wildman–Crippen LogP) is -0.104. The highest BCUT2D eigenvalue weighted by Gasteiger charge is 2.17. The molecule has 1 atom stereocenters. The zero-order valence-corrected chi connectivity index (χ0v) is 11.1. The summed E-state index contributed by atoms with van der Waals surface area (Å²) in [6, 6.07) is 6.01. The number of hydrogen-bond acceptors (Lipinski definition) is 5. The smallest absolute Gasteiger partial charge is 0.356 e. The van der Waals surface area contributed by atoms with E-state index in [4.69, 9.17) is 0 Å². The van der Waals surface area contributed by atoms with E-state index in [2.05, 4.69) is 10.1 Å². The largest absolute Gasteiger partial charge is 0.611 e. The molecular formula is C12H13NO5S. The summed E-state index contributed by atoms with van der Waals surface area (Å²) in [6.45, 7) is -0.0892. The van der Waals surface area contributed by atoms with E-state index in [1.807, 2.05) is 0 Å². The van der Waals surface area contributed by atoms with Crippen molar-refractivity contribution in [2.45, 2.75) is 4.90 Å². The average Bonchev–Trinajstić information content (AvgIpc) is 2.44. The van der Waals surface area contributed by atoms with Gasteiger partial charge in [-0.15, -0.1) is 0 Å². The Kier molecular flexibility index (Phi) is 6.04. The SMILES string of the molecule is COC(=O)C[S+]([O-])c1ccc(C(=O)CNC=O)cc1. The first-order valence-electron chi connectivity index (χ1n) is 5.34. The summed E-state index contributed by atoms with van der Waals surface area (Å²) in [6.07, 6.45) is 0.442. The second kappa shape index (κ2) is 7.55. The minimum absolute atomic E-state index is 0.0892. The standard InChI is InChI=1S/C12H13NO5S/c1-18-12(16)7-19(17)10-4-2-9(3-5-10)11(15)6-13-8-14/h2-5,8H,6-7H2,1H3,(H,13,14). The number of benzene rings is 1. The van der Waals surface area contributed by atoms with Gasteiger partial charge in [-0.25, -0.2) is 4.79 Å². The molecule has 6 nitrogen and oxygen atoms in total. The number of nitrogens with one attached hydrogen (secondary N) is 1. The summed E-state index contributed by atoms with van der Waals surface area (Å²) in [5, 5.41) is 2.27. The fourth-order valence-corrected chi connectivity index (χ4v) is 2.22. The Bertz CT molecular complexity index is 460. The van der Waals surface area contributed by atoms with Crippen LogP contribution in [0.2, 0.25) is 0 Å². The molecular weight excluding hydrogens is 270 g/mol. The minimum Gasteiger partial charge on any atom is -0.611 e. The highest BCUT2D eigenvalue weighted by molar-refractivity contribution is 7.92. The van der Waals surface area contributed by atoms with Crippen LogP contribution in [0.4, 0.5) is 0 Å². The van der Waals surface area contributed by atoms with Gasteiger partial charge in [0.25, 0.3) is 0 Å². The number of hydrogen-bond donors (Lipinski definition) is 1. The lowest BCUT2D eigenvalue weighted by Crippen LogP contribution is -2.21. The molecule has 1 aromatic carbocycles. The number of amides is 1. The van der Waals surface area contributed by atoms with E-state index in [0.29, 0.717) is 16.9 Å². The quantitative estimate of drug-likeness (QED) is 0.326. The number of carbonyl (C=O) groups is 3. The second-order valence-corrected chi connectivity index (χ2v) is 4.96. The van der Waals surface area contributed by atoms with Gasteiger partial charge in [0.2, 0.25) is 12.2 Å². The van der Waals surface area contributed by atoms with Crippen LogP contribution in [0.15, 0.2) is 29.2 Å². The molecule has 0 aliphatic heterocycles. The zero-order valence-electron chi connectivity index (χ0n) is 10.3. The summed E-state index contributed by atoms with van der Waals surface area (Å²) in [5.41, 5.74) is 0.396. The van der Waals surface area contributed by atoms with Gasteiger partial charge in [-0.2, -0.15) is 0 Å². The third kappa shape index (κ3) is 4.72. The summed E-state index contributed by atoms with van der Waals surface area (Å²) < 4.78 is 16.2. The summed E-state index contributed by atoms with van der Waals surface area (Å²) in [5.74, 6) is -1.04. The number of carbonyl (C=O) groups excluding carboxylic acids is 3. The maximum atomic E-state index is 11.7. The predicted molar refractivity (Wildman–Crippen MR) is 68.1 cm³/mol. The number of Topliss-reactive ketones (excluding diaryl/α,β-unsaturated/α-hetero) is 1. The van der Waals surface area contributed by atoms with Crippen molar-refractivity contribution >= 4 is 29.3 Å². The van der Waals surface area contributed by atoms with Crippen LogP contribution >= 0.6 is 0 Å². The van der Waals surface area contributed by atoms with E-state index in [-0.39, 0.29) is 18.1 Å². The molecule has 0 radical (unpaired) electrons. The van der Waals surface area contributed by atoms with Crippen molar-refractivity contribution in [2.75, 3.05) is 19.4 Å². The van der Waals surface area contributed by atoms with Gasteiger partial charge in [0.15, 0.2) is 10.7 Å². The molecule has 0 fully saturated rings. The Morgan fingerprint density at radius 2 is 2.00 bits per heavy atom.